The molecule has 0 fully saturated rings. The van der Waals surface area contributed by atoms with Gasteiger partial charge in [0.15, 0.2) is 16.2 Å². The van der Waals surface area contributed by atoms with Crippen LogP contribution in [0.2, 0.25) is 0 Å². The summed E-state index contributed by atoms with van der Waals surface area (Å²) in [6.45, 7) is 0.468. The van der Waals surface area contributed by atoms with Gasteiger partial charge in [0.25, 0.3) is 0 Å². The van der Waals surface area contributed by atoms with Crippen LogP contribution < -0.4 is 14.8 Å². The topological polar surface area (TPSA) is 60.7 Å². The second kappa shape index (κ2) is 8.43. The molecule has 0 bridgehead atoms. The van der Waals surface area contributed by atoms with E-state index in [0.717, 1.165) is 5.56 Å². The van der Waals surface area contributed by atoms with Crippen molar-refractivity contribution in [1.82, 2.24) is 5.32 Å². The maximum absolute atomic E-state index is 13.5. The molecule has 7 heteroatoms. The minimum atomic E-state index is -0.370. The molecule has 5 nitrogen and oxygen atoms in total. The first-order valence-electron chi connectivity index (χ1n) is 8.36. The number of methoxy groups -OCH3 is 2. The molecule has 0 saturated heterocycles. The van der Waals surface area contributed by atoms with Crippen molar-refractivity contribution >= 4 is 32.8 Å². The van der Waals surface area contributed by atoms with Crippen LogP contribution in [0.3, 0.4) is 0 Å². The minimum Gasteiger partial charge on any atom is -0.493 e. The van der Waals surface area contributed by atoms with E-state index in [9.17, 15) is 9.18 Å². The van der Waals surface area contributed by atoms with Crippen LogP contribution in [0.15, 0.2) is 45.5 Å². The fourth-order valence-electron chi connectivity index (χ4n) is 2.86. The summed E-state index contributed by atoms with van der Waals surface area (Å²) in [6.07, 6.45) is 0.747. The Balaban J connectivity index is 1.61. The first-order chi connectivity index (χ1) is 13.0. The standard InChI is InChI=1S/C20H19BrFNO4/c1-25-17-5-3-12(9-18(17)26-2)7-8-23-19(24)11-15-14-10-13(22)4-6-16(14)27-20(15)21/h3-6,9-10H,7-8,11H2,1-2H3,(H,23,24). The third kappa shape index (κ3) is 4.42. The Morgan fingerprint density at radius 2 is 1.93 bits per heavy atom. The highest BCUT2D eigenvalue weighted by molar-refractivity contribution is 9.10. The molecular weight excluding hydrogens is 417 g/mol. The summed E-state index contributed by atoms with van der Waals surface area (Å²) in [5, 5.41) is 3.47. The first kappa shape index (κ1) is 19.2. The SMILES string of the molecule is COc1ccc(CCNC(=O)Cc2c(Br)oc3ccc(F)cc23)cc1OC. The second-order valence-corrected chi connectivity index (χ2v) is 6.68. The van der Waals surface area contributed by atoms with Crippen LogP contribution in [0.5, 0.6) is 11.5 Å². The molecule has 3 aromatic rings. The van der Waals surface area contributed by atoms with Crippen molar-refractivity contribution in [1.29, 1.82) is 0 Å². The predicted octanol–water partition coefficient (Wildman–Crippen LogP) is 4.25. The Labute approximate surface area is 164 Å². The smallest absolute Gasteiger partial charge is 0.224 e. The Kier molecular flexibility index (Phi) is 6.01. The molecule has 0 atom stereocenters. The molecule has 27 heavy (non-hydrogen) atoms. The molecule has 0 aliphatic heterocycles. The van der Waals surface area contributed by atoms with Gasteiger partial charge in [0.2, 0.25) is 5.91 Å². The van der Waals surface area contributed by atoms with Gasteiger partial charge >= 0.3 is 0 Å². The largest absolute Gasteiger partial charge is 0.493 e. The fourth-order valence-corrected chi connectivity index (χ4v) is 3.39. The molecule has 142 valence electrons. The highest BCUT2D eigenvalue weighted by Crippen LogP contribution is 2.31. The molecular formula is C20H19BrFNO4. The van der Waals surface area contributed by atoms with E-state index in [1.54, 1.807) is 20.3 Å². The number of amides is 1. The van der Waals surface area contributed by atoms with E-state index >= 15 is 0 Å². The number of furan rings is 1. The van der Waals surface area contributed by atoms with Crippen LogP contribution in [0.25, 0.3) is 11.0 Å². The number of fused-ring (bicyclic) bond motifs is 1. The highest BCUT2D eigenvalue weighted by atomic mass is 79.9. The van der Waals surface area contributed by atoms with Gasteiger partial charge in [-0.25, -0.2) is 4.39 Å². The molecule has 0 spiro atoms. The highest BCUT2D eigenvalue weighted by Gasteiger charge is 2.16. The number of halogens is 2. The quantitative estimate of drug-likeness (QED) is 0.602. The van der Waals surface area contributed by atoms with Crippen LogP contribution >= 0.6 is 15.9 Å². The van der Waals surface area contributed by atoms with Crippen molar-refractivity contribution in [3.63, 3.8) is 0 Å². The molecule has 1 amide bonds. The third-order valence-corrected chi connectivity index (χ3v) is 4.87. The van der Waals surface area contributed by atoms with Crippen molar-refractivity contribution < 1.29 is 23.1 Å². The summed E-state index contributed by atoms with van der Waals surface area (Å²) in [5.74, 6) is 0.778. The lowest BCUT2D eigenvalue weighted by atomic mass is 10.1. The van der Waals surface area contributed by atoms with E-state index < -0.39 is 0 Å². The zero-order valence-electron chi connectivity index (χ0n) is 15.0. The summed E-state index contributed by atoms with van der Waals surface area (Å²) in [4.78, 5) is 12.3. The van der Waals surface area contributed by atoms with Gasteiger partial charge < -0.3 is 19.2 Å². The normalized spacial score (nSPS) is 10.8. The zero-order valence-corrected chi connectivity index (χ0v) is 16.6. The van der Waals surface area contributed by atoms with E-state index in [0.29, 0.717) is 45.7 Å². The van der Waals surface area contributed by atoms with E-state index in [-0.39, 0.29) is 18.1 Å². The van der Waals surface area contributed by atoms with Crippen molar-refractivity contribution in [3.05, 3.63) is 58.0 Å². The van der Waals surface area contributed by atoms with Gasteiger partial charge in [-0.2, -0.15) is 0 Å². The summed E-state index contributed by atoms with van der Waals surface area (Å²) >= 11 is 3.30. The molecule has 1 N–H and O–H groups in total. The number of hydrogen-bond acceptors (Lipinski definition) is 4. The van der Waals surface area contributed by atoms with Gasteiger partial charge in [0.05, 0.1) is 20.6 Å². The molecule has 0 radical (unpaired) electrons. The van der Waals surface area contributed by atoms with Gasteiger partial charge in [-0.3, -0.25) is 4.79 Å². The number of carbonyl (C=O) groups is 1. The maximum Gasteiger partial charge on any atom is 0.224 e. The lowest BCUT2D eigenvalue weighted by Crippen LogP contribution is -2.27. The Morgan fingerprint density at radius 3 is 2.67 bits per heavy atom. The average Bonchev–Trinajstić information content (AvgIpc) is 2.96. The van der Waals surface area contributed by atoms with Crippen molar-refractivity contribution in [2.75, 3.05) is 20.8 Å². The van der Waals surface area contributed by atoms with Gasteiger partial charge in [0, 0.05) is 17.5 Å². The van der Waals surface area contributed by atoms with Crippen LogP contribution in [-0.2, 0) is 17.6 Å². The fraction of sp³-hybridized carbons (Fsp3) is 0.250. The Bertz CT molecular complexity index is 970. The van der Waals surface area contributed by atoms with Gasteiger partial charge in [-0.1, -0.05) is 6.07 Å². The van der Waals surface area contributed by atoms with Crippen LogP contribution in [0, 0.1) is 5.82 Å². The number of rotatable bonds is 7. The average molecular weight is 436 g/mol. The van der Waals surface area contributed by atoms with Crippen molar-refractivity contribution in [2.45, 2.75) is 12.8 Å². The Hall–Kier alpha value is -2.54. The molecule has 2 aromatic carbocycles. The molecule has 0 saturated carbocycles. The van der Waals surface area contributed by atoms with E-state index in [1.165, 1.54) is 12.1 Å². The number of nitrogens with one attached hydrogen (secondary N) is 1. The summed E-state index contributed by atoms with van der Waals surface area (Å²) in [6, 6.07) is 9.89. The molecule has 1 heterocycles. The minimum absolute atomic E-state index is 0.100. The zero-order chi connectivity index (χ0) is 19.4. The van der Waals surface area contributed by atoms with Gasteiger partial charge in [-0.05, 0) is 58.2 Å². The number of benzene rings is 2. The molecule has 0 unspecified atom stereocenters. The van der Waals surface area contributed by atoms with Gasteiger partial charge in [-0.15, -0.1) is 0 Å². The van der Waals surface area contributed by atoms with E-state index in [2.05, 4.69) is 21.2 Å². The first-order valence-corrected chi connectivity index (χ1v) is 9.15. The molecule has 3 rings (SSSR count). The number of carbonyl (C=O) groups excluding carboxylic acids is 1. The lowest BCUT2D eigenvalue weighted by Gasteiger charge is -2.10. The maximum atomic E-state index is 13.5. The summed E-state index contributed by atoms with van der Waals surface area (Å²) < 4.78 is 29.9. The van der Waals surface area contributed by atoms with Gasteiger partial charge in [0.1, 0.15) is 11.4 Å². The molecule has 0 aliphatic carbocycles. The van der Waals surface area contributed by atoms with Crippen LogP contribution in [0.4, 0.5) is 4.39 Å². The predicted molar refractivity (Wildman–Crippen MR) is 104 cm³/mol. The van der Waals surface area contributed by atoms with Crippen LogP contribution in [-0.4, -0.2) is 26.7 Å². The lowest BCUT2D eigenvalue weighted by molar-refractivity contribution is -0.120. The number of hydrogen-bond donors (Lipinski definition) is 1. The summed E-state index contributed by atoms with van der Waals surface area (Å²) in [7, 11) is 3.17. The number of ether oxygens (including phenoxy) is 2. The van der Waals surface area contributed by atoms with E-state index in [4.69, 9.17) is 13.9 Å². The van der Waals surface area contributed by atoms with Crippen molar-refractivity contribution in [3.8, 4) is 11.5 Å². The van der Waals surface area contributed by atoms with E-state index in [1.807, 2.05) is 18.2 Å². The summed E-state index contributed by atoms with van der Waals surface area (Å²) in [5.41, 5.74) is 2.19. The monoisotopic (exact) mass is 435 g/mol. The molecule has 0 aliphatic rings. The third-order valence-electron chi connectivity index (χ3n) is 4.22. The molecule has 1 aromatic heterocycles. The second-order valence-electron chi connectivity index (χ2n) is 5.96. The Morgan fingerprint density at radius 1 is 1.15 bits per heavy atom. The van der Waals surface area contributed by atoms with Crippen LogP contribution in [0.1, 0.15) is 11.1 Å². The van der Waals surface area contributed by atoms with Crippen molar-refractivity contribution in [2.24, 2.45) is 0 Å².